The summed E-state index contributed by atoms with van der Waals surface area (Å²) in [7, 11) is 0. The number of rotatable bonds is 10. The molecule has 0 unspecified atom stereocenters. The van der Waals surface area contributed by atoms with Crippen LogP contribution in [0.1, 0.15) is 22.3 Å². The van der Waals surface area contributed by atoms with Crippen LogP contribution in [-0.4, -0.2) is 24.2 Å². The van der Waals surface area contributed by atoms with Crippen LogP contribution >= 0.6 is 0 Å². The van der Waals surface area contributed by atoms with Gasteiger partial charge >= 0.3 is 12.2 Å². The van der Waals surface area contributed by atoms with E-state index in [1.807, 2.05) is 60.7 Å². The van der Waals surface area contributed by atoms with Gasteiger partial charge in [0.05, 0.1) is 0 Å². The molecule has 4 rings (SSSR count). The molecule has 0 aromatic heterocycles. The summed E-state index contributed by atoms with van der Waals surface area (Å²) in [5.74, 6) is -0.772. The van der Waals surface area contributed by atoms with E-state index in [-0.39, 0.29) is 36.6 Å². The molecule has 4 aromatic rings. The Hall–Kier alpha value is -5.18. The van der Waals surface area contributed by atoms with E-state index in [9.17, 15) is 18.8 Å². The van der Waals surface area contributed by atoms with Gasteiger partial charge in [-0.1, -0.05) is 78.9 Å². The number of anilines is 1. The molecule has 0 fully saturated rings. The zero-order valence-electron chi connectivity index (χ0n) is 22.3. The number of ether oxygens (including phenoxy) is 3. The van der Waals surface area contributed by atoms with Gasteiger partial charge in [0.2, 0.25) is 5.91 Å². The van der Waals surface area contributed by atoms with Crippen LogP contribution in [-0.2, 0) is 33.9 Å². The third kappa shape index (κ3) is 8.93. The van der Waals surface area contributed by atoms with Crippen LogP contribution in [0.15, 0.2) is 103 Å². The van der Waals surface area contributed by atoms with Crippen LogP contribution in [0.2, 0.25) is 0 Å². The van der Waals surface area contributed by atoms with Gasteiger partial charge in [-0.2, -0.15) is 0 Å². The predicted octanol–water partition coefficient (Wildman–Crippen LogP) is 6.33. The molecule has 0 heterocycles. The van der Waals surface area contributed by atoms with Gasteiger partial charge in [-0.3, -0.25) is 4.79 Å². The van der Waals surface area contributed by atoms with E-state index in [0.29, 0.717) is 5.56 Å². The molecule has 0 saturated heterocycles. The van der Waals surface area contributed by atoms with Crippen LogP contribution in [0.5, 0.6) is 5.75 Å². The molecule has 41 heavy (non-hydrogen) atoms. The SMILES string of the molecule is Cc1c(F)cccc1NC(=O)[C@H](Cc1ccc(OC(=O)OCc2ccccc2)cc1)NC(=O)OCc1ccccc1. The molecule has 2 N–H and O–H groups in total. The van der Waals surface area contributed by atoms with Gasteiger partial charge in [-0.25, -0.2) is 14.0 Å². The maximum absolute atomic E-state index is 14.0. The molecule has 0 saturated carbocycles. The molecule has 0 bridgehead atoms. The van der Waals surface area contributed by atoms with Crippen molar-refractivity contribution >= 4 is 23.8 Å². The molecule has 8 nitrogen and oxygen atoms in total. The van der Waals surface area contributed by atoms with Crippen molar-refractivity contribution < 1.29 is 33.0 Å². The van der Waals surface area contributed by atoms with Crippen LogP contribution in [0.4, 0.5) is 19.7 Å². The smallest absolute Gasteiger partial charge is 0.445 e. The Morgan fingerprint density at radius 3 is 1.98 bits per heavy atom. The van der Waals surface area contributed by atoms with E-state index in [1.54, 1.807) is 37.3 Å². The average Bonchev–Trinajstić information content (AvgIpc) is 2.99. The van der Waals surface area contributed by atoms with Crippen molar-refractivity contribution in [3.63, 3.8) is 0 Å². The van der Waals surface area contributed by atoms with Crippen molar-refractivity contribution in [3.05, 3.63) is 131 Å². The molecular weight excluding hydrogens is 527 g/mol. The second-order valence-corrected chi connectivity index (χ2v) is 9.13. The summed E-state index contributed by atoms with van der Waals surface area (Å²) in [5, 5.41) is 5.28. The number of hydrogen-bond donors (Lipinski definition) is 2. The van der Waals surface area contributed by atoms with Gasteiger partial charge in [0, 0.05) is 17.7 Å². The Morgan fingerprint density at radius 2 is 1.34 bits per heavy atom. The Bertz CT molecular complexity index is 1460. The lowest BCUT2D eigenvalue weighted by Crippen LogP contribution is -2.45. The summed E-state index contributed by atoms with van der Waals surface area (Å²) in [6.45, 7) is 1.65. The molecule has 1 atom stereocenters. The van der Waals surface area contributed by atoms with E-state index >= 15 is 0 Å². The lowest BCUT2D eigenvalue weighted by molar-refractivity contribution is -0.118. The highest BCUT2D eigenvalue weighted by Gasteiger charge is 2.23. The standard InChI is InChI=1S/C32H29FN2O6/c1-22-27(33)13-8-14-28(22)34-30(36)29(35-31(37)39-20-24-9-4-2-5-10-24)19-23-15-17-26(18-16-23)41-32(38)40-21-25-11-6-3-7-12-25/h2-18,29H,19-21H2,1H3,(H,34,36)(H,35,37)/t29-/m0/s1. The fourth-order valence-corrected chi connectivity index (χ4v) is 3.85. The number of carbonyl (C=O) groups excluding carboxylic acids is 3. The number of alkyl carbamates (subject to hydrolysis) is 1. The summed E-state index contributed by atoms with van der Waals surface area (Å²) < 4.78 is 29.7. The highest BCUT2D eigenvalue weighted by molar-refractivity contribution is 5.97. The number of hydrogen-bond acceptors (Lipinski definition) is 6. The van der Waals surface area contributed by atoms with Crippen LogP contribution in [0.3, 0.4) is 0 Å². The van der Waals surface area contributed by atoms with Gasteiger partial charge in [-0.05, 0) is 47.9 Å². The number of halogens is 1. The maximum Gasteiger partial charge on any atom is 0.514 e. The van der Waals surface area contributed by atoms with E-state index in [4.69, 9.17) is 14.2 Å². The molecule has 9 heteroatoms. The summed E-state index contributed by atoms with van der Waals surface area (Å²) in [4.78, 5) is 37.9. The highest BCUT2D eigenvalue weighted by Crippen LogP contribution is 2.19. The number of nitrogens with one attached hydrogen (secondary N) is 2. The lowest BCUT2D eigenvalue weighted by Gasteiger charge is -2.19. The number of carbonyl (C=O) groups is 3. The zero-order valence-corrected chi connectivity index (χ0v) is 22.3. The first-order chi connectivity index (χ1) is 19.9. The average molecular weight is 557 g/mol. The Kier molecular flexibility index (Phi) is 10.0. The quantitative estimate of drug-likeness (QED) is 0.175. The molecule has 0 spiro atoms. The van der Waals surface area contributed by atoms with Gasteiger partial charge in [-0.15, -0.1) is 0 Å². The Balaban J connectivity index is 1.39. The van der Waals surface area contributed by atoms with Crippen LogP contribution < -0.4 is 15.4 Å². The van der Waals surface area contributed by atoms with Crippen molar-refractivity contribution in [1.29, 1.82) is 0 Å². The van der Waals surface area contributed by atoms with E-state index < -0.39 is 30.0 Å². The van der Waals surface area contributed by atoms with Gasteiger partial charge in [0.1, 0.15) is 30.8 Å². The predicted molar refractivity (Wildman–Crippen MR) is 151 cm³/mol. The molecule has 4 aromatic carbocycles. The summed E-state index contributed by atoms with van der Waals surface area (Å²) in [6, 6.07) is 28.0. The molecule has 0 radical (unpaired) electrons. The molecule has 0 aliphatic heterocycles. The fourth-order valence-electron chi connectivity index (χ4n) is 3.85. The van der Waals surface area contributed by atoms with Crippen molar-refractivity contribution in [2.45, 2.75) is 32.6 Å². The second kappa shape index (κ2) is 14.3. The monoisotopic (exact) mass is 556 g/mol. The second-order valence-electron chi connectivity index (χ2n) is 9.13. The van der Waals surface area contributed by atoms with Gasteiger partial charge in [0.15, 0.2) is 0 Å². The third-order valence-corrected chi connectivity index (χ3v) is 6.11. The van der Waals surface area contributed by atoms with Crippen molar-refractivity contribution in [3.8, 4) is 5.75 Å². The van der Waals surface area contributed by atoms with E-state index in [2.05, 4.69) is 10.6 Å². The number of benzene rings is 4. The third-order valence-electron chi connectivity index (χ3n) is 6.11. The summed E-state index contributed by atoms with van der Waals surface area (Å²) in [5.41, 5.74) is 2.84. The Labute approximate surface area is 237 Å². The van der Waals surface area contributed by atoms with E-state index in [0.717, 1.165) is 11.1 Å². The molecule has 210 valence electrons. The first kappa shape index (κ1) is 28.8. The minimum absolute atomic E-state index is 0.0242. The maximum atomic E-state index is 14.0. The summed E-state index contributed by atoms with van der Waals surface area (Å²) >= 11 is 0. The van der Waals surface area contributed by atoms with Crippen molar-refractivity contribution in [2.24, 2.45) is 0 Å². The minimum Gasteiger partial charge on any atom is -0.445 e. The lowest BCUT2D eigenvalue weighted by atomic mass is 10.0. The highest BCUT2D eigenvalue weighted by atomic mass is 19.1. The van der Waals surface area contributed by atoms with Crippen LogP contribution in [0, 0.1) is 12.7 Å². The zero-order chi connectivity index (χ0) is 29.0. The fraction of sp³-hybridized carbons (Fsp3) is 0.156. The molecular formula is C32H29FN2O6. The molecule has 2 amide bonds. The first-order valence-corrected chi connectivity index (χ1v) is 12.9. The normalized spacial score (nSPS) is 11.2. The summed E-state index contributed by atoms with van der Waals surface area (Å²) in [6.07, 6.45) is -1.56. The largest absolute Gasteiger partial charge is 0.514 e. The molecule has 0 aliphatic carbocycles. The molecule has 0 aliphatic rings. The minimum atomic E-state index is -1.05. The topological polar surface area (TPSA) is 103 Å². The first-order valence-electron chi connectivity index (χ1n) is 12.9. The van der Waals surface area contributed by atoms with Gasteiger partial charge in [0.25, 0.3) is 0 Å². The van der Waals surface area contributed by atoms with Crippen molar-refractivity contribution in [2.75, 3.05) is 5.32 Å². The van der Waals surface area contributed by atoms with Crippen LogP contribution in [0.25, 0.3) is 0 Å². The van der Waals surface area contributed by atoms with E-state index in [1.165, 1.54) is 12.1 Å². The van der Waals surface area contributed by atoms with Crippen molar-refractivity contribution in [1.82, 2.24) is 5.32 Å². The number of amides is 2. The van der Waals surface area contributed by atoms with Gasteiger partial charge < -0.3 is 24.8 Å². The Morgan fingerprint density at radius 1 is 0.732 bits per heavy atom.